The number of hydrogen-bond acceptors (Lipinski definition) is 1. The van der Waals surface area contributed by atoms with Gasteiger partial charge in [0, 0.05) is 0 Å². The molecule has 2 rings (SSSR count). The quantitative estimate of drug-likeness (QED) is 0.745. The molecule has 0 amide bonds. The van der Waals surface area contributed by atoms with Crippen molar-refractivity contribution in [3.8, 4) is 0 Å². The number of carbonyl (C=O) groups is 1. The summed E-state index contributed by atoms with van der Waals surface area (Å²) in [5.41, 5.74) is 1.86. The summed E-state index contributed by atoms with van der Waals surface area (Å²) in [6.45, 7) is 7.28. The van der Waals surface area contributed by atoms with Crippen LogP contribution in [0.4, 0.5) is 4.39 Å². The van der Waals surface area contributed by atoms with Crippen molar-refractivity contribution in [2.24, 2.45) is 0 Å². The zero-order valence-electron chi connectivity index (χ0n) is 12.3. The van der Waals surface area contributed by atoms with Crippen LogP contribution < -0.4 is 0 Å². The molecule has 2 aromatic rings. The molecule has 104 valence electrons. The van der Waals surface area contributed by atoms with Crippen molar-refractivity contribution in [2.75, 3.05) is 0 Å². The van der Waals surface area contributed by atoms with Gasteiger partial charge in [0.25, 0.3) is 0 Å². The summed E-state index contributed by atoms with van der Waals surface area (Å²) >= 11 is 0. The van der Waals surface area contributed by atoms with Gasteiger partial charge in [0.15, 0.2) is 5.78 Å². The predicted octanol–water partition coefficient (Wildman–Crippen LogP) is 4.60. The lowest BCUT2D eigenvalue weighted by molar-refractivity contribution is 0.0904. The number of halogens is 1. The summed E-state index contributed by atoms with van der Waals surface area (Å²) in [7, 11) is 0. The molecule has 0 aliphatic carbocycles. The number of aryl methyl sites for hydroxylation is 2. The highest BCUT2D eigenvalue weighted by molar-refractivity contribution is 6.04. The second-order valence-corrected chi connectivity index (χ2v) is 5.76. The first-order chi connectivity index (χ1) is 9.34. The molecule has 0 N–H and O–H groups in total. The summed E-state index contributed by atoms with van der Waals surface area (Å²) < 4.78 is 14.2. The van der Waals surface area contributed by atoms with E-state index >= 15 is 0 Å². The van der Waals surface area contributed by atoms with E-state index in [0.717, 1.165) is 11.1 Å². The van der Waals surface area contributed by atoms with Gasteiger partial charge in [0.1, 0.15) is 5.82 Å². The van der Waals surface area contributed by atoms with Crippen molar-refractivity contribution in [1.82, 2.24) is 0 Å². The molecule has 0 radical (unpaired) electrons. The lowest BCUT2D eigenvalue weighted by Gasteiger charge is -2.25. The molecule has 0 aromatic heterocycles. The van der Waals surface area contributed by atoms with Gasteiger partial charge in [-0.15, -0.1) is 0 Å². The minimum atomic E-state index is -0.748. The fraction of sp³-hybridized carbons (Fsp3) is 0.278. The van der Waals surface area contributed by atoms with Crippen molar-refractivity contribution in [3.05, 3.63) is 70.5 Å². The van der Waals surface area contributed by atoms with Gasteiger partial charge in [-0.1, -0.05) is 36.4 Å². The van der Waals surface area contributed by atoms with Crippen molar-refractivity contribution in [3.63, 3.8) is 0 Å². The molecule has 0 spiro atoms. The maximum absolute atomic E-state index is 14.2. The average Bonchev–Trinajstić information content (AvgIpc) is 2.38. The first kappa shape index (κ1) is 14.4. The van der Waals surface area contributed by atoms with Crippen molar-refractivity contribution in [1.29, 1.82) is 0 Å². The fourth-order valence-corrected chi connectivity index (χ4v) is 2.50. The van der Waals surface area contributed by atoms with Crippen molar-refractivity contribution in [2.45, 2.75) is 33.1 Å². The molecule has 0 saturated carbocycles. The van der Waals surface area contributed by atoms with Crippen LogP contribution in [0.5, 0.6) is 0 Å². The maximum Gasteiger partial charge on any atom is 0.176 e. The molecule has 0 saturated heterocycles. The van der Waals surface area contributed by atoms with Gasteiger partial charge in [0.2, 0.25) is 0 Å². The molecule has 2 heteroatoms. The van der Waals surface area contributed by atoms with Crippen LogP contribution in [0.1, 0.15) is 40.9 Å². The Kier molecular flexibility index (Phi) is 3.76. The predicted molar refractivity (Wildman–Crippen MR) is 79.7 cm³/mol. The topological polar surface area (TPSA) is 17.1 Å². The van der Waals surface area contributed by atoms with Crippen LogP contribution in [0.2, 0.25) is 0 Å². The minimum Gasteiger partial charge on any atom is -0.293 e. The lowest BCUT2D eigenvalue weighted by atomic mass is 9.77. The first-order valence-electron chi connectivity index (χ1n) is 6.71. The second kappa shape index (κ2) is 5.20. The van der Waals surface area contributed by atoms with Crippen molar-refractivity contribution >= 4 is 5.78 Å². The Bertz CT molecular complexity index is 619. The average molecular weight is 270 g/mol. The largest absolute Gasteiger partial charge is 0.293 e. The van der Waals surface area contributed by atoms with E-state index in [1.807, 2.05) is 57.2 Å². The third-order valence-corrected chi connectivity index (χ3v) is 3.72. The van der Waals surface area contributed by atoms with Crippen LogP contribution in [0.15, 0.2) is 42.5 Å². The number of carbonyl (C=O) groups excluding carboxylic acids is 1. The summed E-state index contributed by atoms with van der Waals surface area (Å²) in [4.78, 5) is 12.8. The van der Waals surface area contributed by atoms with Gasteiger partial charge in [-0.25, -0.2) is 4.39 Å². The standard InChI is InChI=1S/C18H19FO/c1-12-10-13(2)16(15(19)11-12)17(20)18(3,4)14-8-6-5-7-9-14/h5-11H,1-4H3. The van der Waals surface area contributed by atoms with Crippen LogP contribution >= 0.6 is 0 Å². The van der Waals surface area contributed by atoms with Gasteiger partial charge in [-0.05, 0) is 50.5 Å². The van der Waals surface area contributed by atoms with E-state index in [1.165, 1.54) is 6.07 Å². The molecule has 0 unspecified atom stereocenters. The molecule has 0 atom stereocenters. The molecule has 2 aromatic carbocycles. The van der Waals surface area contributed by atoms with Gasteiger partial charge >= 0.3 is 0 Å². The SMILES string of the molecule is Cc1cc(C)c(C(=O)C(C)(C)c2ccccc2)c(F)c1. The molecule has 0 heterocycles. The molecule has 0 bridgehead atoms. The summed E-state index contributed by atoms with van der Waals surface area (Å²) in [6.07, 6.45) is 0. The number of hydrogen-bond donors (Lipinski definition) is 0. The van der Waals surface area contributed by atoms with E-state index in [-0.39, 0.29) is 11.3 Å². The van der Waals surface area contributed by atoms with E-state index in [2.05, 4.69) is 0 Å². The lowest BCUT2D eigenvalue weighted by Crippen LogP contribution is -2.30. The van der Waals surface area contributed by atoms with Gasteiger partial charge in [0.05, 0.1) is 11.0 Å². The van der Waals surface area contributed by atoms with Crippen LogP contribution in [-0.2, 0) is 5.41 Å². The molecular formula is C18H19FO. The van der Waals surface area contributed by atoms with Crippen LogP contribution in [0.3, 0.4) is 0 Å². The monoisotopic (exact) mass is 270 g/mol. The summed E-state index contributed by atoms with van der Waals surface area (Å²) in [5, 5.41) is 0. The summed E-state index contributed by atoms with van der Waals surface area (Å²) in [5.74, 6) is -0.616. The molecule has 1 nitrogen and oxygen atoms in total. The highest BCUT2D eigenvalue weighted by Gasteiger charge is 2.33. The Labute approximate surface area is 119 Å². The first-order valence-corrected chi connectivity index (χ1v) is 6.71. The Morgan fingerprint density at radius 2 is 1.65 bits per heavy atom. The number of ketones is 1. The molecule has 0 aliphatic rings. The molecule has 0 fully saturated rings. The van der Waals surface area contributed by atoms with Crippen LogP contribution in [-0.4, -0.2) is 5.78 Å². The van der Waals surface area contributed by atoms with Crippen molar-refractivity contribution < 1.29 is 9.18 Å². The number of benzene rings is 2. The van der Waals surface area contributed by atoms with Gasteiger partial charge in [-0.3, -0.25) is 4.79 Å². The molecule has 0 aliphatic heterocycles. The van der Waals surface area contributed by atoms with E-state index < -0.39 is 11.2 Å². The second-order valence-electron chi connectivity index (χ2n) is 5.76. The minimum absolute atomic E-state index is 0.182. The molecular weight excluding hydrogens is 251 g/mol. The third kappa shape index (κ3) is 2.51. The smallest absolute Gasteiger partial charge is 0.176 e. The maximum atomic E-state index is 14.2. The summed E-state index contributed by atoms with van der Waals surface area (Å²) in [6, 6.07) is 12.8. The Morgan fingerprint density at radius 3 is 2.20 bits per heavy atom. The van der Waals surface area contributed by atoms with E-state index in [0.29, 0.717) is 5.56 Å². The zero-order chi connectivity index (χ0) is 14.9. The van der Waals surface area contributed by atoms with E-state index in [4.69, 9.17) is 0 Å². The van der Waals surface area contributed by atoms with E-state index in [9.17, 15) is 9.18 Å². The number of Topliss-reactive ketones (excluding diaryl/α,β-unsaturated/α-hetero) is 1. The fourth-order valence-electron chi connectivity index (χ4n) is 2.50. The van der Waals surface area contributed by atoms with Gasteiger partial charge in [-0.2, -0.15) is 0 Å². The normalized spacial score (nSPS) is 11.4. The number of rotatable bonds is 3. The Balaban J connectivity index is 2.52. The zero-order valence-corrected chi connectivity index (χ0v) is 12.3. The highest BCUT2D eigenvalue weighted by atomic mass is 19.1. The van der Waals surface area contributed by atoms with Gasteiger partial charge < -0.3 is 0 Å². The highest BCUT2D eigenvalue weighted by Crippen LogP contribution is 2.30. The van der Waals surface area contributed by atoms with Crippen LogP contribution in [0, 0.1) is 19.7 Å². The van der Waals surface area contributed by atoms with E-state index in [1.54, 1.807) is 6.92 Å². The Hall–Kier alpha value is -1.96. The van der Waals surface area contributed by atoms with Crippen LogP contribution in [0.25, 0.3) is 0 Å². The molecule has 20 heavy (non-hydrogen) atoms. The Morgan fingerprint density at radius 1 is 1.05 bits per heavy atom. The third-order valence-electron chi connectivity index (χ3n) is 3.72.